The minimum absolute atomic E-state index is 0.597. The van der Waals surface area contributed by atoms with Crippen LogP contribution in [0.5, 0.6) is 0 Å². The molecule has 0 saturated heterocycles. The molecule has 1 N–H and O–H groups in total. The van der Waals surface area contributed by atoms with Crippen LogP contribution in [0.4, 0.5) is 0 Å². The number of rotatable bonds is 8. The number of hydrogen-bond donors (Lipinski definition) is 1. The van der Waals surface area contributed by atoms with Gasteiger partial charge in [0.2, 0.25) is 0 Å². The molecule has 1 aliphatic rings. The first kappa shape index (κ1) is 15.4. The van der Waals surface area contributed by atoms with Gasteiger partial charge in [-0.05, 0) is 25.8 Å². The van der Waals surface area contributed by atoms with Gasteiger partial charge in [0, 0.05) is 25.2 Å². The van der Waals surface area contributed by atoms with Gasteiger partial charge in [0.05, 0.1) is 6.54 Å². The molecule has 2 rings (SSSR count). The Hall–Kier alpha value is -0.940. The summed E-state index contributed by atoms with van der Waals surface area (Å²) < 4.78 is 2.18. The van der Waals surface area contributed by atoms with Crippen molar-refractivity contribution < 1.29 is 0 Å². The predicted molar refractivity (Wildman–Crippen MR) is 81.5 cm³/mol. The zero-order chi connectivity index (χ0) is 14.4. The lowest BCUT2D eigenvalue weighted by Gasteiger charge is -2.39. The molecule has 114 valence electrons. The number of fused-ring (bicyclic) bond motifs is 1. The van der Waals surface area contributed by atoms with Crippen LogP contribution in [0.2, 0.25) is 0 Å². The standard InChI is InChI=1S/C15H29N5/c1-4-7-13(16-8-5-2)14(6-3)19-9-10-20-12-17-18-15(20)11-19/h12-14,16H,4-11H2,1-3H3. The molecule has 2 atom stereocenters. The zero-order valence-corrected chi connectivity index (χ0v) is 13.2. The fourth-order valence-corrected chi connectivity index (χ4v) is 3.24. The number of nitrogens with zero attached hydrogens (tertiary/aromatic N) is 4. The molecule has 0 radical (unpaired) electrons. The molecule has 1 aromatic heterocycles. The van der Waals surface area contributed by atoms with Crippen molar-refractivity contribution in [3.05, 3.63) is 12.2 Å². The molecule has 5 heteroatoms. The molecule has 0 saturated carbocycles. The highest BCUT2D eigenvalue weighted by atomic mass is 15.3. The second-order valence-corrected chi connectivity index (χ2v) is 5.74. The van der Waals surface area contributed by atoms with Crippen LogP contribution in [0, 0.1) is 0 Å². The summed E-state index contributed by atoms with van der Waals surface area (Å²) >= 11 is 0. The fourth-order valence-electron chi connectivity index (χ4n) is 3.24. The summed E-state index contributed by atoms with van der Waals surface area (Å²) in [5.41, 5.74) is 0. The van der Waals surface area contributed by atoms with E-state index in [9.17, 15) is 0 Å². The van der Waals surface area contributed by atoms with E-state index in [-0.39, 0.29) is 0 Å². The number of hydrogen-bond acceptors (Lipinski definition) is 4. The Kier molecular flexibility index (Phi) is 5.98. The average Bonchev–Trinajstić information content (AvgIpc) is 2.93. The van der Waals surface area contributed by atoms with Gasteiger partial charge in [-0.2, -0.15) is 0 Å². The maximum Gasteiger partial charge on any atom is 0.147 e. The molecule has 0 aromatic carbocycles. The monoisotopic (exact) mass is 279 g/mol. The van der Waals surface area contributed by atoms with E-state index < -0.39 is 0 Å². The molecule has 0 spiro atoms. The molecule has 1 aromatic rings. The minimum atomic E-state index is 0.597. The summed E-state index contributed by atoms with van der Waals surface area (Å²) in [6, 6.07) is 1.20. The Morgan fingerprint density at radius 3 is 2.80 bits per heavy atom. The normalized spacial score (nSPS) is 18.8. The lowest BCUT2D eigenvalue weighted by molar-refractivity contribution is 0.113. The van der Waals surface area contributed by atoms with Gasteiger partial charge in [-0.1, -0.05) is 27.2 Å². The molecule has 2 heterocycles. The van der Waals surface area contributed by atoms with Gasteiger partial charge in [-0.25, -0.2) is 0 Å². The number of nitrogens with one attached hydrogen (secondary N) is 1. The lowest BCUT2D eigenvalue weighted by atomic mass is 9.98. The van der Waals surface area contributed by atoms with Crippen molar-refractivity contribution in [3.8, 4) is 0 Å². The summed E-state index contributed by atoms with van der Waals surface area (Å²) in [5, 5.41) is 12.0. The highest BCUT2D eigenvalue weighted by Crippen LogP contribution is 2.19. The third-order valence-corrected chi connectivity index (χ3v) is 4.28. The van der Waals surface area contributed by atoms with E-state index in [1.54, 1.807) is 0 Å². The quantitative estimate of drug-likeness (QED) is 0.791. The van der Waals surface area contributed by atoms with E-state index >= 15 is 0 Å². The molecule has 1 aliphatic heterocycles. The van der Waals surface area contributed by atoms with E-state index in [2.05, 4.69) is 45.8 Å². The first-order valence-corrected chi connectivity index (χ1v) is 8.14. The van der Waals surface area contributed by atoms with Gasteiger partial charge in [-0.3, -0.25) is 4.90 Å². The van der Waals surface area contributed by atoms with Gasteiger partial charge in [0.15, 0.2) is 0 Å². The first-order chi connectivity index (χ1) is 9.80. The number of aromatic nitrogens is 3. The van der Waals surface area contributed by atoms with E-state index in [0.29, 0.717) is 12.1 Å². The predicted octanol–water partition coefficient (Wildman–Crippen LogP) is 2.04. The van der Waals surface area contributed by atoms with Crippen LogP contribution in [-0.4, -0.2) is 44.8 Å². The smallest absolute Gasteiger partial charge is 0.147 e. The highest BCUT2D eigenvalue weighted by Gasteiger charge is 2.28. The van der Waals surface area contributed by atoms with Crippen LogP contribution in [0.15, 0.2) is 6.33 Å². The molecule has 2 unspecified atom stereocenters. The second-order valence-electron chi connectivity index (χ2n) is 5.74. The third kappa shape index (κ3) is 3.58. The Labute approximate surface area is 122 Å². The second kappa shape index (κ2) is 7.74. The Balaban J connectivity index is 2.02. The Morgan fingerprint density at radius 2 is 2.10 bits per heavy atom. The van der Waals surface area contributed by atoms with Crippen molar-refractivity contribution in [1.82, 2.24) is 25.0 Å². The van der Waals surface area contributed by atoms with Crippen molar-refractivity contribution in [2.75, 3.05) is 13.1 Å². The molecule has 0 fully saturated rings. The van der Waals surface area contributed by atoms with Gasteiger partial charge < -0.3 is 9.88 Å². The molecular formula is C15H29N5. The molecule has 0 bridgehead atoms. The highest BCUT2D eigenvalue weighted by molar-refractivity contribution is 4.94. The SMILES string of the molecule is CCCNC(CCC)C(CC)N1CCn2cnnc2C1. The Bertz CT molecular complexity index is 389. The fraction of sp³-hybridized carbons (Fsp3) is 0.867. The average molecular weight is 279 g/mol. The Morgan fingerprint density at radius 1 is 1.25 bits per heavy atom. The van der Waals surface area contributed by atoms with Crippen LogP contribution in [0.3, 0.4) is 0 Å². The van der Waals surface area contributed by atoms with Gasteiger partial charge in [0.25, 0.3) is 0 Å². The van der Waals surface area contributed by atoms with E-state index in [0.717, 1.165) is 32.0 Å². The van der Waals surface area contributed by atoms with E-state index in [4.69, 9.17) is 0 Å². The molecule has 20 heavy (non-hydrogen) atoms. The largest absolute Gasteiger partial charge is 0.315 e. The minimum Gasteiger partial charge on any atom is -0.315 e. The van der Waals surface area contributed by atoms with Crippen molar-refractivity contribution in [1.29, 1.82) is 0 Å². The van der Waals surface area contributed by atoms with Gasteiger partial charge in [0.1, 0.15) is 12.2 Å². The van der Waals surface area contributed by atoms with Crippen molar-refractivity contribution in [3.63, 3.8) is 0 Å². The van der Waals surface area contributed by atoms with Gasteiger partial charge >= 0.3 is 0 Å². The molecule has 5 nitrogen and oxygen atoms in total. The summed E-state index contributed by atoms with van der Waals surface area (Å²) in [6.07, 6.45) is 6.73. The lowest BCUT2D eigenvalue weighted by Crippen LogP contribution is -2.52. The van der Waals surface area contributed by atoms with Gasteiger partial charge in [-0.15, -0.1) is 10.2 Å². The van der Waals surface area contributed by atoms with Crippen LogP contribution < -0.4 is 5.32 Å². The van der Waals surface area contributed by atoms with Crippen LogP contribution in [0.25, 0.3) is 0 Å². The maximum absolute atomic E-state index is 4.24. The van der Waals surface area contributed by atoms with E-state index in [1.807, 2.05) is 6.33 Å². The molecular weight excluding hydrogens is 250 g/mol. The summed E-state index contributed by atoms with van der Waals surface area (Å²) in [7, 11) is 0. The first-order valence-electron chi connectivity index (χ1n) is 8.14. The van der Waals surface area contributed by atoms with Crippen molar-refractivity contribution in [2.24, 2.45) is 0 Å². The van der Waals surface area contributed by atoms with Crippen LogP contribution >= 0.6 is 0 Å². The summed E-state index contributed by atoms with van der Waals surface area (Å²) in [5.74, 6) is 1.11. The topological polar surface area (TPSA) is 46.0 Å². The third-order valence-electron chi connectivity index (χ3n) is 4.28. The zero-order valence-electron chi connectivity index (χ0n) is 13.2. The summed E-state index contributed by atoms with van der Waals surface area (Å²) in [4.78, 5) is 2.59. The van der Waals surface area contributed by atoms with Crippen LogP contribution in [-0.2, 0) is 13.1 Å². The van der Waals surface area contributed by atoms with Crippen LogP contribution in [0.1, 0.15) is 52.3 Å². The molecule has 0 aliphatic carbocycles. The summed E-state index contributed by atoms with van der Waals surface area (Å²) in [6.45, 7) is 11.0. The maximum atomic E-state index is 4.24. The van der Waals surface area contributed by atoms with Crippen molar-refractivity contribution >= 4 is 0 Å². The van der Waals surface area contributed by atoms with E-state index in [1.165, 1.54) is 25.7 Å². The molecule has 0 amide bonds. The van der Waals surface area contributed by atoms with Crippen molar-refractivity contribution in [2.45, 2.75) is 71.6 Å².